The monoisotopic (exact) mass is 394 g/mol. The van der Waals surface area contributed by atoms with Gasteiger partial charge in [0.25, 0.3) is 0 Å². The number of ether oxygens (including phenoxy) is 1. The summed E-state index contributed by atoms with van der Waals surface area (Å²) < 4.78 is 58.3. The van der Waals surface area contributed by atoms with Gasteiger partial charge in [-0.2, -0.15) is 22.8 Å². The highest BCUT2D eigenvalue weighted by atomic mass is 19.4. The number of rotatable bonds is 6. The Balaban J connectivity index is 2.66. The first kappa shape index (κ1) is 20.4. The molecular weight excluding hydrogens is 380 g/mol. The quantitative estimate of drug-likeness (QED) is 0.705. The van der Waals surface area contributed by atoms with Crippen LogP contribution in [0.5, 0.6) is 5.88 Å². The van der Waals surface area contributed by atoms with Gasteiger partial charge < -0.3 is 14.9 Å². The molecule has 0 amide bonds. The van der Waals surface area contributed by atoms with Crippen LogP contribution < -0.4 is 10.4 Å². The summed E-state index contributed by atoms with van der Waals surface area (Å²) in [6, 6.07) is 0.374. The third kappa shape index (κ3) is 3.92. The van der Waals surface area contributed by atoms with Gasteiger partial charge in [0.15, 0.2) is 23.6 Å². The van der Waals surface area contributed by atoms with E-state index in [1.165, 1.54) is 0 Å². The number of carbonyl (C=O) groups is 1. The Labute approximate surface area is 148 Å². The number of aromatic nitrogens is 4. The fourth-order valence-corrected chi connectivity index (χ4v) is 2.10. The first-order valence-corrected chi connectivity index (χ1v) is 7.48. The number of hydrogen-bond acceptors (Lipinski definition) is 6. The maximum Gasteiger partial charge on any atom is 0.425 e. The van der Waals surface area contributed by atoms with E-state index in [4.69, 9.17) is 5.11 Å². The zero-order valence-electron chi connectivity index (χ0n) is 14.0. The van der Waals surface area contributed by atoms with Crippen molar-refractivity contribution in [3.05, 3.63) is 33.8 Å². The molecule has 2 heterocycles. The van der Waals surface area contributed by atoms with Gasteiger partial charge in [-0.3, -0.25) is 4.57 Å². The van der Waals surface area contributed by atoms with Gasteiger partial charge in [0.05, 0.1) is 0 Å². The Morgan fingerprint density at radius 3 is 2.48 bits per heavy atom. The van der Waals surface area contributed by atoms with E-state index < -0.39 is 53.6 Å². The van der Waals surface area contributed by atoms with Crippen molar-refractivity contribution in [1.29, 1.82) is 0 Å². The topological polar surface area (TPSA) is 119 Å². The average molecular weight is 394 g/mol. The van der Waals surface area contributed by atoms with E-state index in [2.05, 4.69) is 14.8 Å². The van der Waals surface area contributed by atoms with Crippen LogP contribution in [-0.4, -0.2) is 47.8 Å². The number of carboxylic acids is 1. The molecule has 0 saturated carbocycles. The number of aliphatic hydroxyl groups is 1. The highest BCUT2D eigenvalue weighted by molar-refractivity contribution is 5.90. The van der Waals surface area contributed by atoms with E-state index in [9.17, 15) is 32.3 Å². The number of pyridine rings is 1. The van der Waals surface area contributed by atoms with Crippen molar-refractivity contribution in [3.63, 3.8) is 0 Å². The molecule has 13 heteroatoms. The van der Waals surface area contributed by atoms with Gasteiger partial charge in [-0.1, -0.05) is 0 Å². The predicted octanol–water partition coefficient (Wildman–Crippen LogP) is 1.11. The molecule has 0 aliphatic rings. The highest BCUT2D eigenvalue weighted by Gasteiger charge is 2.39. The summed E-state index contributed by atoms with van der Waals surface area (Å²) in [5.41, 5.74) is -1.89. The number of nitrogens with zero attached hydrogens (tertiary/aromatic N) is 4. The summed E-state index contributed by atoms with van der Waals surface area (Å²) in [4.78, 5) is 26.9. The van der Waals surface area contributed by atoms with Crippen molar-refractivity contribution in [2.45, 2.75) is 39.3 Å². The van der Waals surface area contributed by atoms with Gasteiger partial charge in [0.2, 0.25) is 5.88 Å². The van der Waals surface area contributed by atoms with E-state index >= 15 is 0 Å². The van der Waals surface area contributed by atoms with E-state index in [-0.39, 0.29) is 12.4 Å². The van der Waals surface area contributed by atoms with E-state index in [1.807, 2.05) is 0 Å². The molecule has 27 heavy (non-hydrogen) atoms. The number of aliphatic hydroxyl groups excluding tert-OH is 1. The van der Waals surface area contributed by atoms with Crippen LogP contribution in [0.1, 0.15) is 30.0 Å². The van der Waals surface area contributed by atoms with Gasteiger partial charge >= 0.3 is 17.8 Å². The molecule has 0 aromatic carbocycles. The maximum atomic E-state index is 14.3. The molecule has 2 rings (SSSR count). The molecule has 2 aromatic heterocycles. The summed E-state index contributed by atoms with van der Waals surface area (Å²) in [5, 5.41) is 21.9. The van der Waals surface area contributed by atoms with E-state index in [0.29, 0.717) is 17.7 Å². The lowest BCUT2D eigenvalue weighted by Crippen LogP contribution is -2.32. The maximum absolute atomic E-state index is 14.3. The zero-order chi connectivity index (χ0) is 20.5. The fourth-order valence-electron chi connectivity index (χ4n) is 2.10. The van der Waals surface area contributed by atoms with Crippen molar-refractivity contribution in [2.75, 3.05) is 0 Å². The Morgan fingerprint density at radius 2 is 2.04 bits per heavy atom. The van der Waals surface area contributed by atoms with Crippen LogP contribution in [-0.2, 0) is 13.2 Å². The molecule has 2 aromatic rings. The van der Waals surface area contributed by atoms with Crippen LogP contribution >= 0.6 is 0 Å². The molecule has 0 aliphatic heterocycles. The minimum Gasteiger partial charge on any atom is -0.477 e. The minimum absolute atomic E-state index is 0.0675. The number of carboxylic acid groups (broad SMARTS) is 1. The Kier molecular flexibility index (Phi) is 5.54. The molecule has 0 radical (unpaired) electrons. The average Bonchev–Trinajstić information content (AvgIpc) is 2.90. The van der Waals surface area contributed by atoms with Crippen LogP contribution in [0.4, 0.5) is 17.6 Å². The fraction of sp³-hybridized carbons (Fsp3) is 0.429. The van der Waals surface area contributed by atoms with Crippen LogP contribution in [0, 0.1) is 5.82 Å². The first-order chi connectivity index (χ1) is 12.5. The molecular formula is C14H14F4N4O5. The Bertz CT molecular complexity index is 921. The molecule has 9 nitrogen and oxygen atoms in total. The van der Waals surface area contributed by atoms with Crippen LogP contribution in [0.3, 0.4) is 0 Å². The smallest absolute Gasteiger partial charge is 0.425 e. The van der Waals surface area contributed by atoms with Crippen molar-refractivity contribution < 1.29 is 37.3 Å². The summed E-state index contributed by atoms with van der Waals surface area (Å²) >= 11 is 0. The van der Waals surface area contributed by atoms with E-state index in [0.717, 1.165) is 4.57 Å². The number of halogens is 4. The summed E-state index contributed by atoms with van der Waals surface area (Å²) in [6.45, 7) is 1.55. The first-order valence-electron chi connectivity index (χ1n) is 7.48. The second-order valence-corrected chi connectivity index (χ2v) is 5.27. The van der Waals surface area contributed by atoms with Crippen molar-refractivity contribution in [3.8, 4) is 11.7 Å². The molecule has 0 spiro atoms. The van der Waals surface area contributed by atoms with Crippen LogP contribution in [0.2, 0.25) is 0 Å². The second-order valence-electron chi connectivity index (χ2n) is 5.27. The summed E-state index contributed by atoms with van der Waals surface area (Å²) in [5.74, 6) is -5.15. The zero-order valence-corrected chi connectivity index (χ0v) is 14.0. The molecule has 148 valence electrons. The predicted molar refractivity (Wildman–Crippen MR) is 80.3 cm³/mol. The third-order valence-electron chi connectivity index (χ3n) is 3.50. The lowest BCUT2D eigenvalue weighted by molar-refractivity contribution is -0.190. The number of alkyl halides is 3. The minimum atomic E-state index is -4.84. The largest absolute Gasteiger partial charge is 0.477 e. The van der Waals surface area contributed by atoms with Crippen molar-refractivity contribution in [2.24, 2.45) is 0 Å². The molecule has 0 fully saturated rings. The van der Waals surface area contributed by atoms with Crippen molar-refractivity contribution in [1.82, 2.24) is 19.3 Å². The molecule has 1 atom stereocenters. The van der Waals surface area contributed by atoms with E-state index in [1.54, 1.807) is 6.92 Å². The summed E-state index contributed by atoms with van der Waals surface area (Å²) in [7, 11) is 0. The third-order valence-corrected chi connectivity index (χ3v) is 3.50. The van der Waals surface area contributed by atoms with Gasteiger partial charge in [-0.15, -0.1) is 5.10 Å². The molecule has 2 N–H and O–H groups in total. The molecule has 0 aliphatic carbocycles. The van der Waals surface area contributed by atoms with Gasteiger partial charge in [0, 0.05) is 6.54 Å². The van der Waals surface area contributed by atoms with Gasteiger partial charge in [-0.05, 0) is 19.9 Å². The van der Waals surface area contributed by atoms with Crippen LogP contribution in [0.25, 0.3) is 5.82 Å². The number of aromatic carboxylic acids is 1. The summed E-state index contributed by atoms with van der Waals surface area (Å²) in [6.07, 6.45) is -7.28. The lowest BCUT2D eigenvalue weighted by atomic mass is 10.2. The molecule has 1 unspecified atom stereocenters. The number of hydrogen-bond donors (Lipinski definition) is 2. The standard InChI is InChI=1S/C14H14F4N4O5/c1-3-21-9(5-23)20-22(13(21)26)10-8(15)4-7(12(24)25)11(19-10)27-6(2)14(16,17)18/h4,6,23H,3,5H2,1-2H3,(H,24,25). The Hall–Kier alpha value is -2.96. The SMILES string of the molecule is CCn1c(CO)nn(-c2nc(OC(C)C(F)(F)F)c(C(=O)O)cc2F)c1=O. The second kappa shape index (κ2) is 7.34. The van der Waals surface area contributed by atoms with Gasteiger partial charge in [-0.25, -0.2) is 14.0 Å². The van der Waals surface area contributed by atoms with Gasteiger partial charge in [0.1, 0.15) is 12.2 Å². The normalized spacial score (nSPS) is 12.9. The molecule has 0 saturated heterocycles. The lowest BCUT2D eigenvalue weighted by Gasteiger charge is -2.18. The molecule has 0 bridgehead atoms. The highest BCUT2D eigenvalue weighted by Crippen LogP contribution is 2.27. The Morgan fingerprint density at radius 1 is 1.41 bits per heavy atom. The van der Waals surface area contributed by atoms with Crippen molar-refractivity contribution >= 4 is 5.97 Å². The van der Waals surface area contributed by atoms with Crippen LogP contribution in [0.15, 0.2) is 10.9 Å².